The molecule has 2 aromatic carbocycles. The normalized spacial score (nSPS) is 16.4. The minimum Gasteiger partial charge on any atom is -0.490 e. The van der Waals surface area contributed by atoms with Crippen LogP contribution in [0.25, 0.3) is 0 Å². The van der Waals surface area contributed by atoms with Crippen LogP contribution in [0.15, 0.2) is 47.6 Å². The summed E-state index contributed by atoms with van der Waals surface area (Å²) in [4.78, 5) is 15.5. The molecule has 0 spiro atoms. The molecule has 1 aliphatic rings. The fourth-order valence-corrected chi connectivity index (χ4v) is 2.77. The van der Waals surface area contributed by atoms with Crippen molar-refractivity contribution in [1.29, 1.82) is 0 Å². The summed E-state index contributed by atoms with van der Waals surface area (Å²) in [6.45, 7) is 0.274. The Bertz CT molecular complexity index is 793. The Labute approximate surface area is 147 Å². The van der Waals surface area contributed by atoms with E-state index in [0.717, 1.165) is 11.3 Å². The van der Waals surface area contributed by atoms with Crippen molar-refractivity contribution in [3.05, 3.63) is 68.2 Å². The summed E-state index contributed by atoms with van der Waals surface area (Å²) in [7, 11) is 0. The second kappa shape index (κ2) is 7.07. The van der Waals surface area contributed by atoms with E-state index in [4.69, 9.17) is 32.8 Å². The Morgan fingerprint density at radius 1 is 1.25 bits per heavy atom. The largest absolute Gasteiger partial charge is 0.490 e. The Balaban J connectivity index is 1.56. The van der Waals surface area contributed by atoms with Crippen molar-refractivity contribution in [1.82, 2.24) is 0 Å². The number of nitro groups is 1. The molecule has 0 saturated heterocycles. The van der Waals surface area contributed by atoms with Crippen LogP contribution in [-0.4, -0.2) is 23.3 Å². The predicted octanol–water partition coefficient (Wildman–Crippen LogP) is 4.47. The van der Waals surface area contributed by atoms with Crippen LogP contribution in [0.1, 0.15) is 12.0 Å². The zero-order valence-corrected chi connectivity index (χ0v) is 13.8. The molecule has 1 heterocycles. The third-order valence-corrected chi connectivity index (χ3v) is 4.01. The molecule has 0 aromatic heterocycles. The van der Waals surface area contributed by atoms with Crippen molar-refractivity contribution in [2.45, 2.75) is 12.5 Å². The molecule has 24 heavy (non-hydrogen) atoms. The van der Waals surface area contributed by atoms with Gasteiger partial charge in [-0.15, -0.1) is 0 Å². The standard InChI is InChI=1S/C16H12Cl2N2O4/c17-10-1-6-14(15(18)7-10)16-8-13(24-19-16)9-23-12-4-2-11(3-5-12)20(21)22/h1-7,13H,8-9H2. The molecule has 124 valence electrons. The first-order chi connectivity index (χ1) is 11.5. The van der Waals surface area contributed by atoms with E-state index in [0.29, 0.717) is 22.2 Å². The van der Waals surface area contributed by atoms with Crippen LogP contribution in [0.5, 0.6) is 5.75 Å². The first-order valence-electron chi connectivity index (χ1n) is 7.08. The number of benzene rings is 2. The molecule has 0 fully saturated rings. The number of nitro benzene ring substituents is 1. The van der Waals surface area contributed by atoms with E-state index in [-0.39, 0.29) is 18.4 Å². The van der Waals surface area contributed by atoms with Crippen molar-refractivity contribution in [3.63, 3.8) is 0 Å². The lowest BCUT2D eigenvalue weighted by atomic mass is 10.1. The van der Waals surface area contributed by atoms with E-state index in [2.05, 4.69) is 5.16 Å². The fourth-order valence-electron chi connectivity index (χ4n) is 2.25. The van der Waals surface area contributed by atoms with Gasteiger partial charge in [-0.2, -0.15) is 0 Å². The van der Waals surface area contributed by atoms with Crippen LogP contribution in [0.2, 0.25) is 10.0 Å². The van der Waals surface area contributed by atoms with Crippen molar-refractivity contribution in [3.8, 4) is 5.75 Å². The highest BCUT2D eigenvalue weighted by Crippen LogP contribution is 2.26. The molecule has 8 heteroatoms. The number of non-ortho nitro benzene ring substituents is 1. The zero-order chi connectivity index (χ0) is 17.1. The number of halogens is 2. The van der Waals surface area contributed by atoms with Gasteiger partial charge in [0.05, 0.1) is 15.7 Å². The quantitative estimate of drug-likeness (QED) is 0.577. The van der Waals surface area contributed by atoms with Gasteiger partial charge in [-0.25, -0.2) is 0 Å². The molecule has 6 nitrogen and oxygen atoms in total. The third-order valence-electron chi connectivity index (χ3n) is 3.46. The molecular formula is C16H12Cl2N2O4. The SMILES string of the molecule is O=[N+]([O-])c1ccc(OCC2CC(c3ccc(Cl)cc3Cl)=NO2)cc1. The second-order valence-corrected chi connectivity index (χ2v) is 6.00. The van der Waals surface area contributed by atoms with Gasteiger partial charge in [0.15, 0.2) is 6.10 Å². The monoisotopic (exact) mass is 366 g/mol. The van der Waals surface area contributed by atoms with Crippen molar-refractivity contribution < 1.29 is 14.5 Å². The molecule has 0 amide bonds. The van der Waals surface area contributed by atoms with Gasteiger partial charge >= 0.3 is 0 Å². The molecular weight excluding hydrogens is 355 g/mol. The highest BCUT2D eigenvalue weighted by Gasteiger charge is 2.24. The van der Waals surface area contributed by atoms with Crippen LogP contribution < -0.4 is 4.74 Å². The molecule has 1 unspecified atom stereocenters. The van der Waals surface area contributed by atoms with Gasteiger partial charge in [-0.1, -0.05) is 34.4 Å². The number of nitrogens with zero attached hydrogens (tertiary/aromatic N) is 2. The van der Waals surface area contributed by atoms with Gasteiger partial charge in [0.2, 0.25) is 0 Å². The van der Waals surface area contributed by atoms with E-state index in [1.165, 1.54) is 12.1 Å². The van der Waals surface area contributed by atoms with Crippen molar-refractivity contribution in [2.75, 3.05) is 6.61 Å². The summed E-state index contributed by atoms with van der Waals surface area (Å²) in [6.07, 6.45) is 0.302. The van der Waals surface area contributed by atoms with E-state index in [9.17, 15) is 10.1 Å². The summed E-state index contributed by atoms with van der Waals surface area (Å²) in [5, 5.41) is 15.7. The Hall–Kier alpha value is -2.31. The fraction of sp³-hybridized carbons (Fsp3) is 0.188. The summed E-state index contributed by atoms with van der Waals surface area (Å²) in [5.41, 5.74) is 1.52. The van der Waals surface area contributed by atoms with Crippen molar-refractivity contribution >= 4 is 34.6 Å². The molecule has 0 saturated carbocycles. The second-order valence-electron chi connectivity index (χ2n) is 5.16. The Morgan fingerprint density at radius 3 is 2.67 bits per heavy atom. The predicted molar refractivity (Wildman–Crippen MR) is 91.1 cm³/mol. The number of rotatable bonds is 5. The molecule has 0 N–H and O–H groups in total. The van der Waals surface area contributed by atoms with Gasteiger partial charge in [-0.3, -0.25) is 10.1 Å². The molecule has 0 radical (unpaired) electrons. The van der Waals surface area contributed by atoms with E-state index in [1.54, 1.807) is 30.3 Å². The van der Waals surface area contributed by atoms with Crippen LogP contribution in [-0.2, 0) is 4.84 Å². The van der Waals surface area contributed by atoms with Crippen LogP contribution >= 0.6 is 23.2 Å². The smallest absolute Gasteiger partial charge is 0.269 e. The van der Waals surface area contributed by atoms with Crippen LogP contribution in [0.4, 0.5) is 5.69 Å². The van der Waals surface area contributed by atoms with E-state index < -0.39 is 4.92 Å². The molecule has 2 aromatic rings. The van der Waals surface area contributed by atoms with Gasteiger partial charge in [0, 0.05) is 29.1 Å². The molecule has 0 bridgehead atoms. The van der Waals surface area contributed by atoms with Gasteiger partial charge in [0.25, 0.3) is 5.69 Å². The lowest BCUT2D eigenvalue weighted by molar-refractivity contribution is -0.384. The minimum atomic E-state index is -0.458. The van der Waals surface area contributed by atoms with Gasteiger partial charge in [0.1, 0.15) is 12.4 Å². The molecule has 1 aliphatic heterocycles. The summed E-state index contributed by atoms with van der Waals surface area (Å²) in [6, 6.07) is 11.1. The van der Waals surface area contributed by atoms with Crippen molar-refractivity contribution in [2.24, 2.45) is 5.16 Å². The first kappa shape index (κ1) is 16.5. The number of hydrogen-bond acceptors (Lipinski definition) is 5. The highest BCUT2D eigenvalue weighted by molar-refractivity contribution is 6.37. The van der Waals surface area contributed by atoms with Gasteiger partial charge in [-0.05, 0) is 24.3 Å². The topological polar surface area (TPSA) is 74.0 Å². The van der Waals surface area contributed by atoms with E-state index in [1.807, 2.05) is 0 Å². The lowest BCUT2D eigenvalue weighted by Crippen LogP contribution is -2.18. The number of ether oxygens (including phenoxy) is 1. The number of oxime groups is 1. The van der Waals surface area contributed by atoms with Gasteiger partial charge < -0.3 is 9.57 Å². The molecule has 0 aliphatic carbocycles. The number of hydrogen-bond donors (Lipinski definition) is 0. The average Bonchev–Trinajstić information content (AvgIpc) is 3.02. The zero-order valence-electron chi connectivity index (χ0n) is 12.3. The van der Waals surface area contributed by atoms with Crippen LogP contribution in [0.3, 0.4) is 0 Å². The third kappa shape index (κ3) is 3.77. The lowest BCUT2D eigenvalue weighted by Gasteiger charge is -2.10. The van der Waals surface area contributed by atoms with Crippen LogP contribution in [0, 0.1) is 10.1 Å². The molecule has 1 atom stereocenters. The first-order valence-corrected chi connectivity index (χ1v) is 7.84. The van der Waals surface area contributed by atoms with E-state index >= 15 is 0 Å². The Morgan fingerprint density at radius 2 is 2.00 bits per heavy atom. The Kier molecular flexibility index (Phi) is 4.87. The summed E-state index contributed by atoms with van der Waals surface area (Å²) >= 11 is 12.0. The summed E-state index contributed by atoms with van der Waals surface area (Å²) in [5.74, 6) is 0.530. The molecule has 3 rings (SSSR count). The maximum Gasteiger partial charge on any atom is 0.269 e. The highest BCUT2D eigenvalue weighted by atomic mass is 35.5. The summed E-state index contributed by atoms with van der Waals surface area (Å²) < 4.78 is 5.58. The average molecular weight is 367 g/mol. The maximum atomic E-state index is 10.6. The maximum absolute atomic E-state index is 10.6. The minimum absolute atomic E-state index is 0.0162.